The molecule has 0 bridgehead atoms. The van der Waals surface area contributed by atoms with Gasteiger partial charge in [0.05, 0.1) is 12.6 Å². The minimum Gasteiger partial charge on any atom is -0.380 e. The van der Waals surface area contributed by atoms with Crippen LogP contribution in [0.15, 0.2) is 6.20 Å². The van der Waals surface area contributed by atoms with Crippen molar-refractivity contribution < 1.29 is 4.74 Å². The Kier molecular flexibility index (Phi) is 3.05. The van der Waals surface area contributed by atoms with E-state index < -0.39 is 0 Å². The van der Waals surface area contributed by atoms with Crippen LogP contribution in [0.25, 0.3) is 0 Å². The van der Waals surface area contributed by atoms with Crippen molar-refractivity contribution in [1.29, 1.82) is 0 Å². The molecule has 0 saturated heterocycles. The fourth-order valence-corrected chi connectivity index (χ4v) is 1.34. The van der Waals surface area contributed by atoms with Gasteiger partial charge in [-0.15, -0.1) is 0 Å². The van der Waals surface area contributed by atoms with Crippen LogP contribution in [0.4, 0.5) is 0 Å². The van der Waals surface area contributed by atoms with E-state index in [2.05, 4.69) is 4.98 Å². The number of hydrogen-bond donors (Lipinski definition) is 1. The van der Waals surface area contributed by atoms with Crippen LogP contribution in [0, 0.1) is 11.7 Å². The lowest BCUT2D eigenvalue weighted by Gasteiger charge is -2.09. The second kappa shape index (κ2) is 3.87. The minimum atomic E-state index is 0.201. The van der Waals surface area contributed by atoms with Gasteiger partial charge < -0.3 is 14.3 Å². The third kappa shape index (κ3) is 2.19. The number of ether oxygens (including phenoxy) is 1. The van der Waals surface area contributed by atoms with Gasteiger partial charge in [0, 0.05) is 19.0 Å². The molecular weight excluding hydrogens is 172 g/mol. The Labute approximate surface area is 77.4 Å². The third-order valence-corrected chi connectivity index (χ3v) is 2.11. The number of aromatic amines is 1. The number of hydrogen-bond acceptors (Lipinski definition) is 2. The van der Waals surface area contributed by atoms with Gasteiger partial charge in [-0.2, -0.15) is 0 Å². The van der Waals surface area contributed by atoms with E-state index in [1.54, 1.807) is 7.11 Å². The van der Waals surface area contributed by atoms with Crippen LogP contribution < -0.4 is 0 Å². The number of aryl methyl sites for hydroxylation is 1. The summed E-state index contributed by atoms with van der Waals surface area (Å²) in [6.45, 7) is 4.81. The molecule has 0 aliphatic rings. The van der Waals surface area contributed by atoms with Gasteiger partial charge in [0.2, 0.25) is 0 Å². The molecule has 0 fully saturated rings. The van der Waals surface area contributed by atoms with Crippen molar-refractivity contribution in [2.75, 3.05) is 7.11 Å². The molecule has 1 N–H and O–H groups in total. The first-order chi connectivity index (χ1) is 5.63. The summed E-state index contributed by atoms with van der Waals surface area (Å²) in [5.74, 6) is 0. The van der Waals surface area contributed by atoms with E-state index in [-0.39, 0.29) is 6.10 Å². The highest BCUT2D eigenvalue weighted by atomic mass is 32.1. The molecule has 0 radical (unpaired) electrons. The molecule has 1 atom stereocenters. The standard InChI is InChI=1S/C8H14N2OS/c1-6-4-10(8(12)9-6)5-7(2)11-3/h4,7H,5H2,1-3H3,(H,9,12). The van der Waals surface area contributed by atoms with E-state index in [0.29, 0.717) is 0 Å². The Morgan fingerprint density at radius 1 is 1.75 bits per heavy atom. The van der Waals surface area contributed by atoms with Crippen molar-refractivity contribution in [3.8, 4) is 0 Å². The maximum absolute atomic E-state index is 5.14. The lowest BCUT2D eigenvalue weighted by atomic mass is 10.4. The lowest BCUT2D eigenvalue weighted by molar-refractivity contribution is 0.103. The first-order valence-electron chi connectivity index (χ1n) is 3.92. The third-order valence-electron chi connectivity index (χ3n) is 1.77. The average Bonchev–Trinajstić information content (AvgIpc) is 2.30. The van der Waals surface area contributed by atoms with Crippen molar-refractivity contribution >= 4 is 12.2 Å². The number of aromatic nitrogens is 2. The van der Waals surface area contributed by atoms with Crippen LogP contribution in [0.2, 0.25) is 0 Å². The molecule has 68 valence electrons. The quantitative estimate of drug-likeness (QED) is 0.731. The zero-order chi connectivity index (χ0) is 9.14. The van der Waals surface area contributed by atoms with Gasteiger partial charge in [0.1, 0.15) is 0 Å². The first kappa shape index (κ1) is 9.48. The summed E-state index contributed by atoms with van der Waals surface area (Å²) >= 11 is 5.09. The first-order valence-corrected chi connectivity index (χ1v) is 4.33. The smallest absolute Gasteiger partial charge is 0.177 e. The zero-order valence-electron chi connectivity index (χ0n) is 7.63. The molecular formula is C8H14N2OS. The van der Waals surface area contributed by atoms with Crippen molar-refractivity contribution in [2.24, 2.45) is 0 Å². The topological polar surface area (TPSA) is 29.9 Å². The second-order valence-electron chi connectivity index (χ2n) is 2.94. The number of H-pyrrole nitrogens is 1. The molecule has 0 aliphatic heterocycles. The summed E-state index contributed by atoms with van der Waals surface area (Å²) in [5.41, 5.74) is 1.09. The molecule has 0 spiro atoms. The van der Waals surface area contributed by atoms with Gasteiger partial charge in [0.25, 0.3) is 0 Å². The number of rotatable bonds is 3. The second-order valence-corrected chi connectivity index (χ2v) is 3.33. The van der Waals surface area contributed by atoms with Crippen molar-refractivity contribution in [3.05, 3.63) is 16.7 Å². The molecule has 1 aromatic heterocycles. The van der Waals surface area contributed by atoms with Crippen molar-refractivity contribution in [1.82, 2.24) is 9.55 Å². The van der Waals surface area contributed by atoms with E-state index in [1.807, 2.05) is 24.6 Å². The largest absolute Gasteiger partial charge is 0.380 e. The summed E-state index contributed by atoms with van der Waals surface area (Å²) < 4.78 is 7.88. The van der Waals surface area contributed by atoms with Crippen LogP contribution in [-0.2, 0) is 11.3 Å². The normalized spacial score (nSPS) is 13.2. The van der Waals surface area contributed by atoms with Crippen molar-refractivity contribution in [3.63, 3.8) is 0 Å². The molecule has 1 unspecified atom stereocenters. The molecule has 1 aromatic rings. The Balaban J connectivity index is 2.75. The van der Waals surface area contributed by atoms with Gasteiger partial charge >= 0.3 is 0 Å². The Morgan fingerprint density at radius 3 is 2.83 bits per heavy atom. The van der Waals surface area contributed by atoms with Crippen LogP contribution in [0.5, 0.6) is 0 Å². The molecule has 0 aromatic carbocycles. The number of nitrogens with one attached hydrogen (secondary N) is 1. The monoisotopic (exact) mass is 186 g/mol. The van der Waals surface area contributed by atoms with Gasteiger partial charge in [0.15, 0.2) is 4.77 Å². The summed E-state index contributed by atoms with van der Waals surface area (Å²) in [4.78, 5) is 3.06. The van der Waals surface area contributed by atoms with Crippen LogP contribution in [0.1, 0.15) is 12.6 Å². The van der Waals surface area contributed by atoms with Gasteiger partial charge in [-0.25, -0.2) is 0 Å². The van der Waals surface area contributed by atoms with E-state index in [9.17, 15) is 0 Å². The summed E-state index contributed by atoms with van der Waals surface area (Å²) in [6, 6.07) is 0. The number of imidazole rings is 1. The summed E-state index contributed by atoms with van der Waals surface area (Å²) in [5, 5.41) is 0. The zero-order valence-corrected chi connectivity index (χ0v) is 8.44. The fraction of sp³-hybridized carbons (Fsp3) is 0.625. The SMILES string of the molecule is COC(C)Cn1cc(C)[nH]c1=S. The van der Waals surface area contributed by atoms with Gasteiger partial charge in [-0.3, -0.25) is 0 Å². The lowest BCUT2D eigenvalue weighted by Crippen LogP contribution is -2.13. The summed E-state index contributed by atoms with van der Waals surface area (Å²) in [6.07, 6.45) is 2.20. The van der Waals surface area contributed by atoms with E-state index >= 15 is 0 Å². The van der Waals surface area contributed by atoms with Crippen LogP contribution in [0.3, 0.4) is 0 Å². The Bertz CT molecular complexity index is 302. The number of methoxy groups -OCH3 is 1. The Hall–Kier alpha value is -0.610. The van der Waals surface area contributed by atoms with E-state index in [4.69, 9.17) is 17.0 Å². The Morgan fingerprint density at radius 2 is 2.42 bits per heavy atom. The fourth-order valence-electron chi connectivity index (χ4n) is 1.05. The average molecular weight is 186 g/mol. The minimum absolute atomic E-state index is 0.201. The molecule has 3 nitrogen and oxygen atoms in total. The van der Waals surface area contributed by atoms with Gasteiger partial charge in [-0.05, 0) is 26.1 Å². The highest BCUT2D eigenvalue weighted by Gasteiger charge is 2.02. The highest BCUT2D eigenvalue weighted by Crippen LogP contribution is 2.00. The molecule has 12 heavy (non-hydrogen) atoms. The molecule has 1 heterocycles. The summed E-state index contributed by atoms with van der Waals surface area (Å²) in [7, 11) is 1.70. The predicted octanol–water partition coefficient (Wildman–Crippen LogP) is 1.89. The van der Waals surface area contributed by atoms with Crippen molar-refractivity contribution in [2.45, 2.75) is 26.5 Å². The molecule has 0 aliphatic carbocycles. The predicted molar refractivity (Wildman–Crippen MR) is 50.8 cm³/mol. The maximum Gasteiger partial charge on any atom is 0.177 e. The molecule has 1 rings (SSSR count). The van der Waals surface area contributed by atoms with Gasteiger partial charge in [-0.1, -0.05) is 0 Å². The molecule has 0 amide bonds. The van der Waals surface area contributed by atoms with Crippen LogP contribution in [-0.4, -0.2) is 22.8 Å². The molecule has 4 heteroatoms. The highest BCUT2D eigenvalue weighted by molar-refractivity contribution is 7.71. The molecule has 0 saturated carbocycles. The van der Waals surface area contributed by atoms with E-state index in [0.717, 1.165) is 17.0 Å². The maximum atomic E-state index is 5.14. The van der Waals surface area contributed by atoms with E-state index in [1.165, 1.54) is 0 Å². The van der Waals surface area contributed by atoms with Crippen LogP contribution >= 0.6 is 12.2 Å². The number of nitrogens with zero attached hydrogens (tertiary/aromatic N) is 1.